The molecule has 1 unspecified atom stereocenters. The van der Waals surface area contributed by atoms with Crippen molar-refractivity contribution in [3.05, 3.63) is 0 Å². The lowest BCUT2D eigenvalue weighted by atomic mass is 10.3. The van der Waals surface area contributed by atoms with Crippen molar-refractivity contribution >= 4 is 36.3 Å². The van der Waals surface area contributed by atoms with Crippen LogP contribution in [0.15, 0.2) is 0 Å². The highest BCUT2D eigenvalue weighted by atomic mass is 32.2. The molecule has 0 aromatic rings. The van der Waals surface area contributed by atoms with Crippen LogP contribution in [0.1, 0.15) is 6.42 Å². The summed E-state index contributed by atoms with van der Waals surface area (Å²) < 4.78 is 0. The number of carboxylic acids is 2. The molecule has 0 aliphatic heterocycles. The molecule has 0 aromatic carbocycles. The van der Waals surface area contributed by atoms with Gasteiger partial charge in [-0.1, -0.05) is 0 Å². The van der Waals surface area contributed by atoms with Crippen LogP contribution in [-0.2, 0) is 9.59 Å². The van der Waals surface area contributed by atoms with Crippen molar-refractivity contribution in [2.45, 2.75) is 11.7 Å². The van der Waals surface area contributed by atoms with Gasteiger partial charge in [0.15, 0.2) is 0 Å². The molecule has 4 nitrogen and oxygen atoms in total. The van der Waals surface area contributed by atoms with Crippen LogP contribution in [-0.4, -0.2) is 32.5 Å². The normalized spacial score (nSPS) is 12.5. The summed E-state index contributed by atoms with van der Waals surface area (Å²) >= 11 is 4.78. The maximum Gasteiger partial charge on any atom is 0.317 e. The van der Waals surface area contributed by atoms with Crippen LogP contribution < -0.4 is 0 Å². The molecular weight excluding hydrogens is 188 g/mol. The van der Waals surface area contributed by atoms with Gasteiger partial charge >= 0.3 is 11.9 Å². The summed E-state index contributed by atoms with van der Waals surface area (Å²) in [4.78, 5) is 20.4. The molecule has 0 fully saturated rings. The van der Waals surface area contributed by atoms with Crippen LogP contribution in [0.3, 0.4) is 0 Å². The summed E-state index contributed by atoms with van der Waals surface area (Å²) in [5, 5.41) is 16.1. The smallest absolute Gasteiger partial charge is 0.317 e. The fourth-order valence-electron chi connectivity index (χ4n) is 0.466. The highest BCUT2D eigenvalue weighted by Crippen LogP contribution is 2.15. The molecule has 1 atom stereocenters. The van der Waals surface area contributed by atoms with Crippen molar-refractivity contribution in [1.29, 1.82) is 0 Å². The van der Waals surface area contributed by atoms with Crippen LogP contribution in [0.5, 0.6) is 0 Å². The lowest BCUT2D eigenvalue weighted by Crippen LogP contribution is -2.20. The van der Waals surface area contributed by atoms with Crippen molar-refractivity contribution in [2.24, 2.45) is 0 Å². The SMILES string of the molecule is O=C(O)CC(SCS)C(=O)O. The van der Waals surface area contributed by atoms with Crippen molar-refractivity contribution in [1.82, 2.24) is 0 Å². The first-order valence-electron chi connectivity index (χ1n) is 2.75. The molecule has 6 heteroatoms. The summed E-state index contributed by atoms with van der Waals surface area (Å²) in [5.41, 5.74) is 0. The van der Waals surface area contributed by atoms with E-state index in [1.807, 2.05) is 0 Å². The minimum absolute atomic E-state index is 0.310. The van der Waals surface area contributed by atoms with E-state index < -0.39 is 17.2 Å². The zero-order valence-electron chi connectivity index (χ0n) is 5.56. The van der Waals surface area contributed by atoms with E-state index in [1.54, 1.807) is 0 Å². The van der Waals surface area contributed by atoms with Gasteiger partial charge in [0, 0.05) is 5.08 Å². The summed E-state index contributed by atoms with van der Waals surface area (Å²) in [7, 11) is 0. The molecule has 0 aliphatic rings. The molecule has 0 bridgehead atoms. The van der Waals surface area contributed by atoms with E-state index >= 15 is 0 Å². The number of rotatable bonds is 5. The van der Waals surface area contributed by atoms with Gasteiger partial charge in [-0.3, -0.25) is 9.59 Å². The van der Waals surface area contributed by atoms with Crippen molar-refractivity contribution in [2.75, 3.05) is 5.08 Å². The Morgan fingerprint density at radius 3 is 2.27 bits per heavy atom. The number of carbonyl (C=O) groups is 2. The average Bonchev–Trinajstić information content (AvgIpc) is 1.86. The van der Waals surface area contributed by atoms with Gasteiger partial charge in [0.1, 0.15) is 5.25 Å². The topological polar surface area (TPSA) is 74.6 Å². The lowest BCUT2D eigenvalue weighted by molar-refractivity contribution is -0.142. The number of thiol groups is 1. The Hall–Kier alpha value is -0.360. The molecule has 0 saturated heterocycles. The van der Waals surface area contributed by atoms with E-state index in [1.165, 1.54) is 0 Å². The Morgan fingerprint density at radius 1 is 1.45 bits per heavy atom. The van der Waals surface area contributed by atoms with Crippen molar-refractivity contribution in [3.63, 3.8) is 0 Å². The standard InChI is InChI=1S/C5H8O4S2/c6-4(7)1-3(5(8)9)11-2-10/h3,10H,1-2H2,(H,6,7)(H,8,9). The summed E-state index contributed by atoms with van der Waals surface area (Å²) in [6, 6.07) is 0. The highest BCUT2D eigenvalue weighted by molar-refractivity contribution is 8.10. The minimum atomic E-state index is -1.11. The van der Waals surface area contributed by atoms with E-state index in [4.69, 9.17) is 10.2 Å². The van der Waals surface area contributed by atoms with E-state index in [-0.39, 0.29) is 6.42 Å². The van der Waals surface area contributed by atoms with Crippen molar-refractivity contribution in [3.8, 4) is 0 Å². The Morgan fingerprint density at radius 2 is 2.00 bits per heavy atom. The molecule has 0 amide bonds. The maximum absolute atomic E-state index is 10.3. The quantitative estimate of drug-likeness (QED) is 0.442. The fourth-order valence-corrected chi connectivity index (χ4v) is 1.59. The number of thioether (sulfide) groups is 1. The predicted molar refractivity (Wildman–Crippen MR) is 45.1 cm³/mol. The Kier molecular flexibility index (Phi) is 5.14. The summed E-state index contributed by atoms with van der Waals surface area (Å²) in [6.45, 7) is 0. The molecule has 2 N–H and O–H groups in total. The number of hydrogen-bond donors (Lipinski definition) is 3. The molecule has 0 heterocycles. The first-order chi connectivity index (χ1) is 5.07. The van der Waals surface area contributed by atoms with Gasteiger partial charge in [-0.05, 0) is 0 Å². The zero-order valence-corrected chi connectivity index (χ0v) is 7.27. The number of aliphatic carboxylic acids is 2. The Balaban J connectivity index is 3.89. The zero-order chi connectivity index (χ0) is 8.85. The Labute approximate surface area is 73.4 Å². The highest BCUT2D eigenvalue weighted by Gasteiger charge is 2.20. The van der Waals surface area contributed by atoms with E-state index in [0.717, 1.165) is 11.8 Å². The van der Waals surface area contributed by atoms with Gasteiger partial charge in [0.2, 0.25) is 0 Å². The third-order valence-corrected chi connectivity index (χ3v) is 2.28. The van der Waals surface area contributed by atoms with E-state index in [0.29, 0.717) is 5.08 Å². The van der Waals surface area contributed by atoms with E-state index in [9.17, 15) is 9.59 Å². The van der Waals surface area contributed by atoms with Gasteiger partial charge in [0.05, 0.1) is 6.42 Å². The summed E-state index contributed by atoms with van der Waals surface area (Å²) in [5.74, 6) is -2.21. The first kappa shape index (κ1) is 10.6. The average molecular weight is 196 g/mol. The van der Waals surface area contributed by atoms with Crippen LogP contribution in [0.25, 0.3) is 0 Å². The molecule has 0 saturated carbocycles. The van der Waals surface area contributed by atoms with Gasteiger partial charge in [-0.2, -0.15) is 12.6 Å². The van der Waals surface area contributed by atoms with Crippen LogP contribution >= 0.6 is 24.4 Å². The minimum Gasteiger partial charge on any atom is -0.481 e. The first-order valence-corrected chi connectivity index (χ1v) is 4.43. The molecule has 11 heavy (non-hydrogen) atoms. The van der Waals surface area contributed by atoms with Crippen LogP contribution in [0.4, 0.5) is 0 Å². The van der Waals surface area contributed by atoms with Gasteiger partial charge < -0.3 is 10.2 Å². The number of hydrogen-bond acceptors (Lipinski definition) is 4. The molecule has 0 spiro atoms. The molecule has 64 valence electrons. The lowest BCUT2D eigenvalue weighted by Gasteiger charge is -2.05. The molecule has 0 aromatic heterocycles. The Bertz CT molecular complexity index is 159. The third kappa shape index (κ3) is 4.97. The van der Waals surface area contributed by atoms with Gasteiger partial charge in [-0.25, -0.2) is 0 Å². The second kappa shape index (κ2) is 5.31. The van der Waals surface area contributed by atoms with Crippen LogP contribution in [0, 0.1) is 0 Å². The van der Waals surface area contributed by atoms with Crippen molar-refractivity contribution < 1.29 is 19.8 Å². The van der Waals surface area contributed by atoms with E-state index in [2.05, 4.69) is 12.6 Å². The largest absolute Gasteiger partial charge is 0.481 e. The maximum atomic E-state index is 10.3. The fraction of sp³-hybridized carbons (Fsp3) is 0.600. The van der Waals surface area contributed by atoms with Crippen LogP contribution in [0.2, 0.25) is 0 Å². The molecular formula is C5H8O4S2. The predicted octanol–water partition coefficient (Wildman–Crippen LogP) is 0.535. The number of carboxylic acid groups (broad SMARTS) is 2. The molecule has 0 rings (SSSR count). The second-order valence-electron chi connectivity index (χ2n) is 1.72. The second-order valence-corrected chi connectivity index (χ2v) is 3.66. The van der Waals surface area contributed by atoms with Gasteiger partial charge in [-0.15, -0.1) is 11.8 Å². The van der Waals surface area contributed by atoms with Gasteiger partial charge in [0.25, 0.3) is 0 Å². The summed E-state index contributed by atoms with van der Waals surface area (Å²) in [6.07, 6.45) is -0.361. The third-order valence-electron chi connectivity index (χ3n) is 0.911. The molecule has 0 aliphatic carbocycles. The molecule has 0 radical (unpaired) electrons. The monoisotopic (exact) mass is 196 g/mol.